The molecule has 0 aliphatic heterocycles. The molecule has 0 saturated carbocycles. The Kier molecular flexibility index (Phi) is 2.48. The summed E-state index contributed by atoms with van der Waals surface area (Å²) in [5.41, 5.74) is 0.797. The van der Waals surface area contributed by atoms with Crippen LogP contribution in [0.2, 0.25) is 0 Å². The second-order valence-electron chi connectivity index (χ2n) is 1.86. The van der Waals surface area contributed by atoms with E-state index in [9.17, 15) is 4.21 Å². The molecule has 10 heavy (non-hydrogen) atoms. The van der Waals surface area contributed by atoms with Crippen molar-refractivity contribution in [2.24, 2.45) is 0 Å². The van der Waals surface area contributed by atoms with E-state index >= 15 is 0 Å². The number of aromatic nitrogens is 1. The minimum absolute atomic E-state index is 0.797. The standard InChI is InChI=1S/C5H6INO2S/c1-4-2-5(6)3-7(4)10(8)9/h2-3H,1H3,(H,8,9). The van der Waals surface area contributed by atoms with Gasteiger partial charge < -0.3 is 0 Å². The molecule has 0 amide bonds. The second-order valence-corrected chi connectivity index (χ2v) is 3.96. The summed E-state index contributed by atoms with van der Waals surface area (Å²) >= 11 is 0.185. The van der Waals surface area contributed by atoms with Gasteiger partial charge in [-0.05, 0) is 35.6 Å². The molecule has 56 valence electrons. The third-order valence-corrected chi connectivity index (χ3v) is 2.42. The van der Waals surface area contributed by atoms with Gasteiger partial charge in [-0.3, -0.25) is 4.55 Å². The summed E-state index contributed by atoms with van der Waals surface area (Å²) < 4.78 is 21.4. The largest absolute Gasteiger partial charge is 0.289 e. The Morgan fingerprint density at radius 2 is 2.40 bits per heavy atom. The van der Waals surface area contributed by atoms with Gasteiger partial charge in [-0.2, -0.15) is 0 Å². The Balaban J connectivity index is 3.15. The van der Waals surface area contributed by atoms with Crippen LogP contribution in [-0.2, 0) is 11.3 Å². The molecule has 0 aliphatic rings. The average Bonchev–Trinajstić information content (AvgIpc) is 2.10. The van der Waals surface area contributed by atoms with Gasteiger partial charge in [0.25, 0.3) is 11.3 Å². The Hall–Kier alpha value is 0.120. The van der Waals surface area contributed by atoms with E-state index in [0.717, 1.165) is 9.26 Å². The topological polar surface area (TPSA) is 42.2 Å². The highest BCUT2D eigenvalue weighted by Gasteiger charge is 2.02. The summed E-state index contributed by atoms with van der Waals surface area (Å²) in [6.07, 6.45) is 1.63. The van der Waals surface area contributed by atoms with Crippen molar-refractivity contribution in [2.45, 2.75) is 6.92 Å². The van der Waals surface area contributed by atoms with Gasteiger partial charge >= 0.3 is 0 Å². The van der Waals surface area contributed by atoms with Crippen LogP contribution >= 0.6 is 22.6 Å². The zero-order chi connectivity index (χ0) is 7.72. The quantitative estimate of drug-likeness (QED) is 0.619. The summed E-state index contributed by atoms with van der Waals surface area (Å²) in [7, 11) is 0. The average molecular weight is 271 g/mol. The van der Waals surface area contributed by atoms with Crippen LogP contribution in [0.15, 0.2) is 12.3 Å². The van der Waals surface area contributed by atoms with E-state index in [1.165, 1.54) is 3.97 Å². The van der Waals surface area contributed by atoms with Gasteiger partial charge in [0, 0.05) is 15.5 Å². The molecular weight excluding hydrogens is 265 g/mol. The Bertz CT molecular complexity index is 271. The van der Waals surface area contributed by atoms with Gasteiger partial charge in [0.05, 0.1) is 0 Å². The van der Waals surface area contributed by atoms with Crippen molar-refractivity contribution in [3.63, 3.8) is 0 Å². The van der Waals surface area contributed by atoms with Crippen LogP contribution in [0, 0.1) is 10.5 Å². The first-order chi connectivity index (χ1) is 4.61. The van der Waals surface area contributed by atoms with Crippen LogP contribution in [0.5, 0.6) is 0 Å². The molecule has 1 atom stereocenters. The first-order valence-electron chi connectivity index (χ1n) is 2.57. The fourth-order valence-electron chi connectivity index (χ4n) is 0.683. The number of hydrogen-bond donors (Lipinski definition) is 1. The van der Waals surface area contributed by atoms with Crippen molar-refractivity contribution in [2.75, 3.05) is 0 Å². The molecule has 1 aromatic heterocycles. The van der Waals surface area contributed by atoms with Crippen LogP contribution < -0.4 is 0 Å². The molecule has 0 radical (unpaired) electrons. The molecule has 5 heteroatoms. The first kappa shape index (κ1) is 8.22. The summed E-state index contributed by atoms with van der Waals surface area (Å²) in [4.78, 5) is 0. The molecule has 0 fully saturated rings. The number of halogens is 1. The molecule has 0 spiro atoms. The molecule has 1 aromatic rings. The molecule has 0 bridgehead atoms. The number of rotatable bonds is 1. The number of nitrogens with zero attached hydrogens (tertiary/aromatic N) is 1. The lowest BCUT2D eigenvalue weighted by atomic mass is 10.5. The van der Waals surface area contributed by atoms with Gasteiger partial charge in [0.1, 0.15) is 0 Å². The van der Waals surface area contributed by atoms with E-state index < -0.39 is 11.3 Å². The minimum Gasteiger partial charge on any atom is -0.289 e. The summed E-state index contributed by atoms with van der Waals surface area (Å²) in [6, 6.07) is 1.84. The van der Waals surface area contributed by atoms with Gasteiger partial charge in [-0.15, -0.1) is 0 Å². The van der Waals surface area contributed by atoms with Crippen LogP contribution in [-0.4, -0.2) is 12.7 Å². The van der Waals surface area contributed by atoms with Crippen LogP contribution in [0.3, 0.4) is 0 Å². The van der Waals surface area contributed by atoms with Gasteiger partial charge in [0.2, 0.25) is 0 Å². The molecule has 1 rings (SSSR count). The van der Waals surface area contributed by atoms with E-state index in [1.807, 2.05) is 6.07 Å². The third kappa shape index (κ3) is 1.58. The molecular formula is C5H6INO2S. The summed E-state index contributed by atoms with van der Waals surface area (Å²) in [5.74, 6) is 0. The number of hydrogen-bond acceptors (Lipinski definition) is 1. The van der Waals surface area contributed by atoms with Crippen molar-refractivity contribution < 1.29 is 8.76 Å². The van der Waals surface area contributed by atoms with Crippen molar-refractivity contribution in [3.8, 4) is 0 Å². The summed E-state index contributed by atoms with van der Waals surface area (Å²) in [6.45, 7) is 1.79. The zero-order valence-corrected chi connectivity index (χ0v) is 8.22. The normalized spacial score (nSPS) is 13.5. The molecule has 0 aliphatic carbocycles. The van der Waals surface area contributed by atoms with Crippen LogP contribution in [0.25, 0.3) is 0 Å². The number of aryl methyl sites for hydroxylation is 1. The predicted octanol–water partition coefficient (Wildman–Crippen LogP) is 1.39. The van der Waals surface area contributed by atoms with Crippen LogP contribution in [0.1, 0.15) is 5.69 Å². The minimum atomic E-state index is -1.91. The Morgan fingerprint density at radius 1 is 1.80 bits per heavy atom. The Labute approximate surface area is 75.0 Å². The lowest BCUT2D eigenvalue weighted by Crippen LogP contribution is -2.01. The van der Waals surface area contributed by atoms with Crippen molar-refractivity contribution >= 4 is 33.9 Å². The molecule has 0 aromatic carbocycles. The van der Waals surface area contributed by atoms with Crippen molar-refractivity contribution in [1.29, 1.82) is 0 Å². The lowest BCUT2D eigenvalue weighted by molar-refractivity contribution is 0.553. The van der Waals surface area contributed by atoms with E-state index in [2.05, 4.69) is 22.6 Å². The predicted molar refractivity (Wildman–Crippen MR) is 48.1 cm³/mol. The first-order valence-corrected chi connectivity index (χ1v) is 4.71. The fourth-order valence-corrected chi connectivity index (χ4v) is 2.10. The van der Waals surface area contributed by atoms with E-state index in [0.29, 0.717) is 0 Å². The van der Waals surface area contributed by atoms with E-state index in [4.69, 9.17) is 4.55 Å². The van der Waals surface area contributed by atoms with Crippen molar-refractivity contribution in [1.82, 2.24) is 3.97 Å². The zero-order valence-electron chi connectivity index (χ0n) is 5.24. The lowest BCUT2D eigenvalue weighted by Gasteiger charge is -1.95. The van der Waals surface area contributed by atoms with Crippen LogP contribution in [0.4, 0.5) is 0 Å². The molecule has 1 unspecified atom stereocenters. The molecule has 0 saturated heterocycles. The smallest absolute Gasteiger partial charge is 0.265 e. The maximum atomic E-state index is 10.5. The Morgan fingerprint density at radius 3 is 2.60 bits per heavy atom. The van der Waals surface area contributed by atoms with Gasteiger partial charge in [-0.1, -0.05) is 0 Å². The molecule has 1 N–H and O–H groups in total. The molecule has 1 heterocycles. The maximum absolute atomic E-state index is 10.5. The monoisotopic (exact) mass is 271 g/mol. The van der Waals surface area contributed by atoms with Crippen molar-refractivity contribution in [3.05, 3.63) is 21.5 Å². The highest BCUT2D eigenvalue weighted by Crippen LogP contribution is 2.09. The maximum Gasteiger partial charge on any atom is 0.265 e. The van der Waals surface area contributed by atoms with E-state index in [-0.39, 0.29) is 0 Å². The highest BCUT2D eigenvalue weighted by atomic mass is 127. The third-order valence-electron chi connectivity index (χ3n) is 1.10. The second kappa shape index (κ2) is 3.02. The van der Waals surface area contributed by atoms with Gasteiger partial charge in [-0.25, -0.2) is 8.18 Å². The SMILES string of the molecule is Cc1cc(I)cn1S(=O)O. The van der Waals surface area contributed by atoms with Gasteiger partial charge in [0.15, 0.2) is 0 Å². The molecule has 3 nitrogen and oxygen atoms in total. The summed E-state index contributed by atoms with van der Waals surface area (Å²) in [5, 5.41) is 0. The fraction of sp³-hybridized carbons (Fsp3) is 0.200. The highest BCUT2D eigenvalue weighted by molar-refractivity contribution is 14.1. The van der Waals surface area contributed by atoms with E-state index in [1.54, 1.807) is 13.1 Å².